The number of nitrogen functional groups attached to an aromatic ring is 1. The van der Waals surface area contributed by atoms with Crippen LogP contribution in [0.1, 0.15) is 64.2 Å². The van der Waals surface area contributed by atoms with Crippen LogP contribution in [-0.2, 0) is 23.4 Å². The lowest BCUT2D eigenvalue weighted by atomic mass is 10.2. The smallest absolute Gasteiger partial charge is 0.269 e. The summed E-state index contributed by atoms with van der Waals surface area (Å²) in [6.07, 6.45) is 12.8. The van der Waals surface area contributed by atoms with Crippen LogP contribution in [0.4, 0.5) is 55.6 Å². The van der Waals surface area contributed by atoms with Crippen molar-refractivity contribution in [2.45, 2.75) is 94.4 Å². The number of nitrogens with zero attached hydrogens (tertiary/aromatic N) is 8. The number of anilines is 5. The van der Waals surface area contributed by atoms with Crippen LogP contribution in [0.2, 0.25) is 0 Å². The number of nitro benzene ring substituents is 4. The number of hydrogen-bond acceptors (Lipinski definition) is 27. The predicted molar refractivity (Wildman–Crippen MR) is 377 cm³/mol. The van der Waals surface area contributed by atoms with Crippen LogP contribution in [0, 0.1) is 46.3 Å². The molecule has 0 aromatic heterocycles. The minimum atomic E-state index is -3.45. The van der Waals surface area contributed by atoms with Gasteiger partial charge in [0.25, 0.3) is 32.9 Å². The molecule has 35 heteroatoms. The summed E-state index contributed by atoms with van der Waals surface area (Å²) in [5.74, 6) is -0.467. The normalized spacial score (nSPS) is 18.4. The summed E-state index contributed by atoms with van der Waals surface area (Å²) in [7, 11) is -2.14. The van der Waals surface area contributed by atoms with Crippen LogP contribution in [0.15, 0.2) is 121 Å². The zero-order chi connectivity index (χ0) is 72.6. The lowest BCUT2D eigenvalue weighted by Gasteiger charge is -2.27. The van der Waals surface area contributed by atoms with Crippen molar-refractivity contribution in [3.8, 4) is 0 Å². The molecule has 0 radical (unpaired) electrons. The number of nitro groups is 4. The van der Waals surface area contributed by atoms with Gasteiger partial charge in [-0.15, -0.1) is 0 Å². The molecule has 5 fully saturated rings. The first-order valence-electron chi connectivity index (χ1n) is 31.9. The van der Waals surface area contributed by atoms with E-state index in [4.69, 9.17) is 36.1 Å². The van der Waals surface area contributed by atoms with Crippen LogP contribution in [0.3, 0.4) is 0 Å². The van der Waals surface area contributed by atoms with E-state index in [2.05, 4.69) is 53.5 Å². The van der Waals surface area contributed by atoms with Crippen molar-refractivity contribution >= 4 is 81.0 Å². The van der Waals surface area contributed by atoms with Crippen molar-refractivity contribution in [3.63, 3.8) is 0 Å². The van der Waals surface area contributed by atoms with Gasteiger partial charge in [-0.2, -0.15) is 8.42 Å². The first kappa shape index (κ1) is 84.6. The van der Waals surface area contributed by atoms with Crippen molar-refractivity contribution in [1.29, 1.82) is 0 Å². The molecule has 0 saturated carbocycles. The van der Waals surface area contributed by atoms with Gasteiger partial charge in [-0.3, -0.25) is 44.6 Å². The number of hydrogen-bond donors (Lipinski definition) is 10. The van der Waals surface area contributed by atoms with E-state index in [0.29, 0.717) is 44.4 Å². The Morgan fingerprint density at radius 3 is 1.12 bits per heavy atom. The first-order chi connectivity index (χ1) is 46.7. The van der Waals surface area contributed by atoms with E-state index in [0.717, 1.165) is 150 Å². The van der Waals surface area contributed by atoms with E-state index in [1.807, 2.05) is 29.2 Å². The summed E-state index contributed by atoms with van der Waals surface area (Å²) >= 11 is 0. The molecule has 5 atom stereocenters. The Hall–Kier alpha value is -7.58. The third kappa shape index (κ3) is 33.3. The molecule has 0 amide bonds. The maximum Gasteiger partial charge on any atom is 0.269 e. The van der Waals surface area contributed by atoms with E-state index < -0.39 is 39.8 Å². The zero-order valence-electron chi connectivity index (χ0n) is 55.2. The second-order valence-electron chi connectivity index (χ2n) is 22.8. The Balaban J connectivity index is 0.000000304. The molecule has 5 aromatic rings. The summed E-state index contributed by atoms with van der Waals surface area (Å²) in [4.78, 5) is 48.8. The maximum atomic E-state index is 12.1. The molecular weight excluding hydrogens is 1350 g/mol. The highest BCUT2D eigenvalue weighted by molar-refractivity contribution is 8.13. The third-order valence-electron chi connectivity index (χ3n) is 15.5. The number of rotatable bonds is 22. The van der Waals surface area contributed by atoms with Gasteiger partial charge in [-0.05, 0) is 144 Å². The molecule has 5 heterocycles. The molecule has 5 saturated heterocycles. The monoisotopic (exact) mass is 1440 g/mol. The quantitative estimate of drug-likeness (QED) is 0.00999. The van der Waals surface area contributed by atoms with Crippen LogP contribution in [-0.4, -0.2) is 210 Å². The van der Waals surface area contributed by atoms with E-state index >= 15 is 0 Å². The second-order valence-corrected chi connectivity index (χ2v) is 27.5. The lowest BCUT2D eigenvalue weighted by Crippen LogP contribution is -2.38. The average molecular weight is 1440 g/mol. The largest absolute Gasteiger partial charge is 0.399 e. The molecule has 0 bridgehead atoms. The van der Waals surface area contributed by atoms with Gasteiger partial charge in [-0.1, -0.05) is 0 Å². The standard InChI is InChI=1S/C13H19N3O3.C13H21N3O.C12H16N2O5S.C11H14N2O3.C6H4FNO2.C5H11NO.C2H7NO.CH3ClO2S/c17-9-7-14-10-13-2-1-8-15(13)11-3-5-12(6-4-11)16(18)19;14-11-3-5-12(6-4-11)16-8-1-2-13(16)10-15-7-9-17;1-20(17,18)19-9-12-3-2-8-13(12)10-4-6-11(7-5-10)14(15)16;14-8-11-2-1-7-12(11)9-3-5-10(6-4-9)13(15)16;7-5-1-3-6(4-2-5)8(9)10;7-4-5-2-1-3-6-5;3-1-2-4;1-5(2,3)4/h3-6,13-14,17H,1-2,7-10H2;3-6,13,15,17H,1-2,7-10,14H2;4-7,12H,2-3,8-9H2,1H3;3-6,11,14H,1-2,7-8H2;1-4H;5-7H,1-4H2;4H,1-3H2;1H3/t2*13-;12-;11-;;5-;;/m0000.0../s1. The Morgan fingerprint density at radius 1 is 0.520 bits per heavy atom. The fraction of sp³-hybridized carbons (Fsp3) is 0.524. The number of non-ortho nitro benzene ring substituents is 4. The number of benzene rings is 5. The molecule has 5 aromatic carbocycles. The summed E-state index contributed by atoms with van der Waals surface area (Å²) in [6.45, 7) is 9.27. The van der Waals surface area contributed by atoms with E-state index in [-0.39, 0.29) is 72.8 Å². The highest BCUT2D eigenvalue weighted by Crippen LogP contribution is 2.31. The topological polar surface area (TPSA) is 452 Å². The Kier molecular flexibility index (Phi) is 39.6. The third-order valence-corrected chi connectivity index (χ3v) is 16.0. The predicted octanol–water partition coefficient (Wildman–Crippen LogP) is 5.65. The highest BCUT2D eigenvalue weighted by atomic mass is 35.7. The molecule has 98 heavy (non-hydrogen) atoms. The zero-order valence-corrected chi connectivity index (χ0v) is 57.6. The number of nitrogens with one attached hydrogen (secondary N) is 3. The van der Waals surface area contributed by atoms with Crippen molar-refractivity contribution in [2.75, 3.05) is 143 Å². The minimum absolute atomic E-state index is 0.0221. The fourth-order valence-corrected chi connectivity index (χ4v) is 11.2. The lowest BCUT2D eigenvalue weighted by molar-refractivity contribution is -0.385. The van der Waals surface area contributed by atoms with Crippen LogP contribution < -0.4 is 47.0 Å². The van der Waals surface area contributed by atoms with E-state index in [1.165, 1.54) is 49.2 Å². The molecular formula is C63H95ClFN13O18S2. The minimum Gasteiger partial charge on any atom is -0.399 e. The molecule has 0 unspecified atom stereocenters. The summed E-state index contributed by atoms with van der Waals surface area (Å²) < 4.78 is 57.8. The second kappa shape index (κ2) is 45.9. The average Bonchev–Trinajstić information content (AvgIpc) is 1.53. The van der Waals surface area contributed by atoms with Crippen molar-refractivity contribution in [2.24, 2.45) is 5.73 Å². The van der Waals surface area contributed by atoms with Crippen LogP contribution >= 0.6 is 10.7 Å². The molecule has 0 spiro atoms. The van der Waals surface area contributed by atoms with Crippen LogP contribution in [0.25, 0.3) is 0 Å². The molecule has 0 aliphatic carbocycles. The van der Waals surface area contributed by atoms with Gasteiger partial charge >= 0.3 is 0 Å². The molecule has 5 aliphatic heterocycles. The number of halogens is 2. The Bertz CT molecular complexity index is 3310. The number of aliphatic hydroxyl groups is 5. The van der Waals surface area contributed by atoms with Gasteiger partial charge in [0.15, 0.2) is 0 Å². The SMILES string of the molecule is CS(=O)(=O)Cl.CS(=O)(=O)OC[C@@H]1CCCN1c1ccc([N+](=O)[O-])cc1.NCCO.Nc1ccc(N2CCC[C@H]2CNCCO)cc1.O=[N+]([O-])c1ccc(F)cc1.O=[N+]([O-])c1ccc(N2CCC[C@H]2CNCCO)cc1.O=[N+]([O-])c1ccc(N2CCC[C@H]2CO)cc1.OC[C@@H]1CCCN1. The Morgan fingerprint density at radius 2 is 0.837 bits per heavy atom. The molecule has 546 valence electrons. The summed E-state index contributed by atoms with van der Waals surface area (Å²) in [5.41, 5.74) is 15.5. The first-order valence-corrected chi connectivity index (χ1v) is 36.4. The van der Waals surface area contributed by atoms with Crippen LogP contribution in [0.5, 0.6) is 0 Å². The summed E-state index contributed by atoms with van der Waals surface area (Å²) in [6, 6.07) is 33.3. The van der Waals surface area contributed by atoms with Gasteiger partial charge in [-0.25, -0.2) is 12.8 Å². The molecule has 10 rings (SSSR count). The maximum absolute atomic E-state index is 12.1. The van der Waals surface area contributed by atoms with E-state index in [9.17, 15) is 66.8 Å². The Labute approximate surface area is 575 Å². The summed E-state index contributed by atoms with van der Waals surface area (Å²) in [5, 5.41) is 94.4. The molecule has 31 nitrogen and oxygen atoms in total. The highest BCUT2D eigenvalue weighted by Gasteiger charge is 2.29. The van der Waals surface area contributed by atoms with Gasteiger partial charge in [0.1, 0.15) is 5.82 Å². The van der Waals surface area contributed by atoms with Gasteiger partial charge < -0.3 is 72.5 Å². The van der Waals surface area contributed by atoms with Crippen molar-refractivity contribution in [3.05, 3.63) is 168 Å². The molecule has 12 N–H and O–H groups in total. The van der Waals surface area contributed by atoms with Crippen molar-refractivity contribution < 1.29 is 70.6 Å². The fourth-order valence-electron chi connectivity index (χ4n) is 10.8. The van der Waals surface area contributed by atoms with Gasteiger partial charge in [0.05, 0.1) is 83.9 Å². The van der Waals surface area contributed by atoms with E-state index in [1.54, 1.807) is 36.4 Å². The number of nitrogens with two attached hydrogens (primary N) is 2. The van der Waals surface area contributed by atoms with Gasteiger partial charge in [0, 0.05) is 165 Å². The molecule has 5 aliphatic rings. The van der Waals surface area contributed by atoms with Gasteiger partial charge in [0.2, 0.25) is 9.05 Å². The number of aliphatic hydroxyl groups excluding tert-OH is 5. The van der Waals surface area contributed by atoms with Crippen molar-refractivity contribution in [1.82, 2.24) is 16.0 Å².